The lowest BCUT2D eigenvalue weighted by Gasteiger charge is -2.39. The second-order valence-electron chi connectivity index (χ2n) is 11.4. The number of carboxylic acids is 4. The molecule has 2 aliphatic heterocycles. The van der Waals surface area contributed by atoms with Gasteiger partial charge in [0, 0.05) is 100 Å². The number of nitrogens with zero attached hydrogens (tertiary/aromatic N) is 4. The number of hydrogen-bond acceptors (Lipinski definition) is 7. The molecule has 2 atom stereocenters. The molecule has 2 aromatic carbocycles. The number of piperazine rings is 1. The first-order chi connectivity index (χ1) is 23.3. The van der Waals surface area contributed by atoms with Crippen molar-refractivity contribution in [2.75, 3.05) is 58.9 Å². The summed E-state index contributed by atoms with van der Waals surface area (Å²) in [6.07, 6.45) is 3.23. The Morgan fingerprint density at radius 3 is 1.78 bits per heavy atom. The number of halogens is 2. The summed E-state index contributed by atoms with van der Waals surface area (Å²) in [6, 6.07) is 13.7. The highest BCUT2D eigenvalue weighted by Gasteiger charge is 2.37. The Hall–Kier alpha value is -4.79. The first-order valence-corrected chi connectivity index (χ1v) is 16.0. The van der Waals surface area contributed by atoms with E-state index < -0.39 is 23.9 Å². The van der Waals surface area contributed by atoms with Gasteiger partial charge in [0.2, 0.25) is 0 Å². The summed E-state index contributed by atoms with van der Waals surface area (Å²) >= 11 is 6.36. The zero-order valence-corrected chi connectivity index (χ0v) is 27.7. The first kappa shape index (κ1) is 38.7. The number of carbonyl (C=O) groups excluding carboxylic acids is 1. The molecule has 3 aliphatic rings. The van der Waals surface area contributed by atoms with Crippen LogP contribution in [0.5, 0.6) is 0 Å². The van der Waals surface area contributed by atoms with Crippen LogP contribution in [0.25, 0.3) is 0 Å². The number of likely N-dealkylation sites (N-methyl/N-ethyl adjacent to an activating group) is 1. The zero-order chi connectivity index (χ0) is 36.1. The van der Waals surface area contributed by atoms with Crippen molar-refractivity contribution in [3.8, 4) is 0 Å². The van der Waals surface area contributed by atoms with Gasteiger partial charge in [-0.3, -0.25) is 9.80 Å². The average Bonchev–Trinajstić information content (AvgIpc) is 3.62. The third-order valence-electron chi connectivity index (χ3n) is 8.35. The Kier molecular flexibility index (Phi) is 14.7. The van der Waals surface area contributed by atoms with E-state index in [1.165, 1.54) is 11.1 Å². The summed E-state index contributed by atoms with van der Waals surface area (Å²) in [5.74, 6) is -4.99. The Bertz CT molecular complexity index is 1480. The van der Waals surface area contributed by atoms with Gasteiger partial charge in [0.25, 0.3) is 0 Å². The molecule has 1 aliphatic carbocycles. The van der Waals surface area contributed by atoms with Crippen LogP contribution in [0.3, 0.4) is 0 Å². The molecule has 2 amide bonds. The third-order valence-corrected chi connectivity index (χ3v) is 8.58. The number of carboxylic acid groups (broad SMARTS) is 4. The summed E-state index contributed by atoms with van der Waals surface area (Å²) in [7, 11) is 0. The standard InChI is InChI=1S/C26H32ClFN4O.2C4H4O4/c1-2-30-15-16-32(26(30)33)14-11-29-9-12-31(13-10-29)25-18-23(19-3-6-21(28)7-4-19)24-17-20(27)5-8-22(24)25;2*5-3(6)1-2-4(7)8/h3-8,17,23,25H,2,9-16,18H2,1H3;2*1-2H,(H,5,6)(H,7,8)/b;2*2-1-/t23-,25+;;/m1../s1. The number of aliphatic carboxylic acids is 4. The van der Waals surface area contributed by atoms with Gasteiger partial charge >= 0.3 is 29.9 Å². The van der Waals surface area contributed by atoms with E-state index in [9.17, 15) is 28.4 Å². The van der Waals surface area contributed by atoms with E-state index in [1.807, 2.05) is 34.9 Å². The van der Waals surface area contributed by atoms with Gasteiger partial charge in [-0.2, -0.15) is 0 Å². The lowest BCUT2D eigenvalue weighted by molar-refractivity contribution is -0.134. The molecule has 0 saturated carbocycles. The highest BCUT2D eigenvalue weighted by Crippen LogP contribution is 2.47. The van der Waals surface area contributed by atoms with Crippen molar-refractivity contribution in [3.05, 3.63) is 94.3 Å². The van der Waals surface area contributed by atoms with E-state index >= 15 is 0 Å². The van der Waals surface area contributed by atoms with E-state index in [0.717, 1.165) is 75.9 Å². The normalized spacial score (nSPS) is 19.3. The van der Waals surface area contributed by atoms with Gasteiger partial charge in [-0.25, -0.2) is 28.4 Å². The van der Waals surface area contributed by atoms with E-state index in [4.69, 9.17) is 32.0 Å². The van der Waals surface area contributed by atoms with Gasteiger partial charge in [0.15, 0.2) is 0 Å². The zero-order valence-electron chi connectivity index (χ0n) is 27.0. The number of carbonyl (C=O) groups is 5. The van der Waals surface area contributed by atoms with Gasteiger partial charge < -0.3 is 30.2 Å². The summed E-state index contributed by atoms with van der Waals surface area (Å²) < 4.78 is 13.5. The maximum Gasteiger partial charge on any atom is 0.328 e. The number of amides is 2. The predicted octanol–water partition coefficient (Wildman–Crippen LogP) is 3.85. The van der Waals surface area contributed by atoms with Crippen LogP contribution in [0.4, 0.5) is 9.18 Å². The monoisotopic (exact) mass is 702 g/mol. The summed E-state index contributed by atoms with van der Waals surface area (Å²) in [4.78, 5) is 59.5. The molecule has 15 heteroatoms. The van der Waals surface area contributed by atoms with E-state index in [-0.39, 0.29) is 17.8 Å². The summed E-state index contributed by atoms with van der Waals surface area (Å²) in [6.45, 7) is 10.3. The van der Waals surface area contributed by atoms with Crippen molar-refractivity contribution >= 4 is 41.5 Å². The van der Waals surface area contributed by atoms with Gasteiger partial charge in [-0.05, 0) is 54.3 Å². The van der Waals surface area contributed by atoms with E-state index in [2.05, 4.69) is 21.9 Å². The van der Waals surface area contributed by atoms with Gasteiger partial charge in [-0.1, -0.05) is 29.8 Å². The minimum Gasteiger partial charge on any atom is -0.478 e. The van der Waals surface area contributed by atoms with Crippen LogP contribution in [0.2, 0.25) is 5.02 Å². The van der Waals surface area contributed by atoms with Crippen LogP contribution >= 0.6 is 11.6 Å². The fourth-order valence-electron chi connectivity index (χ4n) is 5.96. The highest BCUT2D eigenvalue weighted by molar-refractivity contribution is 6.30. The number of hydrogen-bond donors (Lipinski definition) is 4. The van der Waals surface area contributed by atoms with Crippen LogP contribution in [0.1, 0.15) is 42.0 Å². The Morgan fingerprint density at radius 2 is 1.29 bits per heavy atom. The Morgan fingerprint density at radius 1 is 0.755 bits per heavy atom. The Balaban J connectivity index is 0.000000338. The topological polar surface area (TPSA) is 179 Å². The largest absolute Gasteiger partial charge is 0.478 e. The third kappa shape index (κ3) is 12.0. The van der Waals surface area contributed by atoms with Gasteiger partial charge in [0.05, 0.1) is 0 Å². The SMILES string of the molecule is CCN1CCN(CCN2CCN([C@H]3C[C@H](c4ccc(F)cc4)c4cc(Cl)ccc43)CC2)C1=O.O=C(O)/C=C\C(=O)O.O=C(O)/C=C\C(=O)O. The lowest BCUT2D eigenvalue weighted by Crippen LogP contribution is -2.49. The smallest absolute Gasteiger partial charge is 0.328 e. The molecule has 5 rings (SSSR count). The van der Waals surface area contributed by atoms with Gasteiger partial charge in [0.1, 0.15) is 5.82 Å². The van der Waals surface area contributed by atoms with Crippen molar-refractivity contribution in [2.45, 2.75) is 25.3 Å². The molecule has 264 valence electrons. The van der Waals surface area contributed by atoms with E-state index in [1.54, 1.807) is 12.1 Å². The van der Waals surface area contributed by atoms with Crippen LogP contribution in [0, 0.1) is 5.82 Å². The van der Waals surface area contributed by atoms with Crippen molar-refractivity contribution in [2.24, 2.45) is 0 Å². The molecule has 0 spiro atoms. The van der Waals surface area contributed by atoms with Crippen molar-refractivity contribution < 1.29 is 48.8 Å². The number of urea groups is 1. The molecule has 2 heterocycles. The molecule has 49 heavy (non-hydrogen) atoms. The molecular formula is C34H40ClFN4O9. The predicted molar refractivity (Wildman–Crippen MR) is 178 cm³/mol. The quantitative estimate of drug-likeness (QED) is 0.264. The molecule has 2 saturated heterocycles. The number of rotatable bonds is 10. The minimum atomic E-state index is -1.26. The maximum absolute atomic E-state index is 13.5. The molecular weight excluding hydrogens is 663 g/mol. The highest BCUT2D eigenvalue weighted by atomic mass is 35.5. The molecule has 2 fully saturated rings. The lowest BCUT2D eigenvalue weighted by atomic mass is 9.93. The van der Waals surface area contributed by atoms with Crippen LogP contribution in [-0.4, -0.2) is 129 Å². The molecule has 0 unspecified atom stereocenters. The Labute approximate surface area is 288 Å². The van der Waals surface area contributed by atoms with E-state index in [0.29, 0.717) is 30.3 Å². The molecule has 2 aromatic rings. The summed E-state index contributed by atoms with van der Waals surface area (Å²) in [5, 5.41) is 32.0. The van der Waals surface area contributed by atoms with Crippen LogP contribution < -0.4 is 0 Å². The molecule has 4 N–H and O–H groups in total. The van der Waals surface area contributed by atoms with Crippen molar-refractivity contribution in [1.82, 2.24) is 19.6 Å². The average molecular weight is 703 g/mol. The van der Waals surface area contributed by atoms with Crippen molar-refractivity contribution in [1.29, 1.82) is 0 Å². The minimum absolute atomic E-state index is 0.184. The molecule has 0 radical (unpaired) electrons. The van der Waals surface area contributed by atoms with Gasteiger partial charge in [-0.15, -0.1) is 0 Å². The fourth-order valence-corrected chi connectivity index (χ4v) is 6.14. The number of fused-ring (bicyclic) bond motifs is 1. The molecule has 13 nitrogen and oxygen atoms in total. The van der Waals surface area contributed by atoms with Crippen molar-refractivity contribution in [3.63, 3.8) is 0 Å². The molecule has 0 bridgehead atoms. The first-order valence-electron chi connectivity index (χ1n) is 15.6. The number of benzene rings is 2. The second-order valence-corrected chi connectivity index (χ2v) is 11.8. The molecule has 0 aromatic heterocycles. The maximum atomic E-state index is 13.5. The summed E-state index contributed by atoms with van der Waals surface area (Å²) in [5.41, 5.74) is 3.77. The fraction of sp³-hybridized carbons (Fsp3) is 0.382. The second kappa shape index (κ2) is 18.7. The van der Waals surface area contributed by atoms with Crippen LogP contribution in [0.15, 0.2) is 66.8 Å². The van der Waals surface area contributed by atoms with Crippen LogP contribution in [-0.2, 0) is 19.2 Å².